The first-order chi connectivity index (χ1) is 17.8. The molecule has 188 valence electrons. The number of hydrogen-bond acceptors (Lipinski definition) is 8. The molecule has 0 atom stereocenters. The minimum atomic E-state index is -0.938. The van der Waals surface area contributed by atoms with Gasteiger partial charge in [0.25, 0.3) is 5.91 Å². The normalized spacial score (nSPS) is 10.5. The lowest BCUT2D eigenvalue weighted by Crippen LogP contribution is -2.32. The topological polar surface area (TPSA) is 151 Å². The Morgan fingerprint density at radius 1 is 1.03 bits per heavy atom. The van der Waals surface area contributed by atoms with Crippen LogP contribution in [-0.2, 0) is 9.59 Å². The number of aliphatic carboxylic acids is 1. The van der Waals surface area contributed by atoms with Crippen molar-refractivity contribution in [2.24, 2.45) is 0 Å². The summed E-state index contributed by atoms with van der Waals surface area (Å²) in [6, 6.07) is 17.8. The number of hydrogen-bond donors (Lipinski definition) is 4. The maximum Gasteiger partial charge on any atom is 0.323 e. The Morgan fingerprint density at radius 3 is 2.51 bits per heavy atom. The van der Waals surface area contributed by atoms with Crippen molar-refractivity contribution in [2.75, 3.05) is 36.1 Å². The highest BCUT2D eigenvalue weighted by Crippen LogP contribution is 2.29. The van der Waals surface area contributed by atoms with Crippen LogP contribution in [0.25, 0.3) is 22.4 Å². The fourth-order valence-corrected chi connectivity index (χ4v) is 4.21. The molecule has 4 rings (SSSR count). The summed E-state index contributed by atoms with van der Waals surface area (Å²) in [5, 5.41) is 16.6. The lowest BCUT2D eigenvalue weighted by molar-refractivity contribution is -0.135. The van der Waals surface area contributed by atoms with Crippen molar-refractivity contribution in [1.29, 1.82) is 0 Å². The Balaban J connectivity index is 1.40. The third-order valence-electron chi connectivity index (χ3n) is 5.33. The number of nitrogens with zero attached hydrogens (tertiary/aromatic N) is 3. The monoisotopic (exact) mass is 516 g/mol. The van der Waals surface area contributed by atoms with Gasteiger partial charge in [0.2, 0.25) is 5.91 Å². The van der Waals surface area contributed by atoms with E-state index in [-0.39, 0.29) is 19.0 Å². The number of amides is 2. The molecule has 11 heteroatoms. The second-order valence-corrected chi connectivity index (χ2v) is 8.98. The Bertz CT molecular complexity index is 1440. The number of pyridine rings is 1. The van der Waals surface area contributed by atoms with Crippen LogP contribution in [0, 0.1) is 0 Å². The maximum atomic E-state index is 12.3. The fourth-order valence-electron chi connectivity index (χ4n) is 3.47. The number of carboxylic acid groups (broad SMARTS) is 1. The van der Waals surface area contributed by atoms with Crippen LogP contribution in [0.3, 0.4) is 0 Å². The first-order valence-corrected chi connectivity index (χ1v) is 12.1. The first kappa shape index (κ1) is 25.3. The van der Waals surface area contributed by atoms with Crippen molar-refractivity contribution in [3.8, 4) is 22.4 Å². The molecule has 0 fully saturated rings. The molecule has 2 aromatic heterocycles. The zero-order valence-corrected chi connectivity index (χ0v) is 20.7. The van der Waals surface area contributed by atoms with Gasteiger partial charge in [-0.2, -0.15) is 0 Å². The molecule has 0 aliphatic rings. The van der Waals surface area contributed by atoms with Gasteiger partial charge in [-0.25, -0.2) is 9.97 Å². The predicted octanol–water partition coefficient (Wildman–Crippen LogP) is 3.34. The second-order valence-electron chi connectivity index (χ2n) is 8.12. The third kappa shape index (κ3) is 6.67. The van der Waals surface area contributed by atoms with Gasteiger partial charge in [-0.05, 0) is 53.6 Å². The summed E-state index contributed by atoms with van der Waals surface area (Å²) in [5.74, 6) is -1.16. The van der Waals surface area contributed by atoms with E-state index in [1.165, 1.54) is 11.3 Å². The molecule has 0 unspecified atom stereocenters. The molecule has 0 radical (unpaired) electrons. The Labute approximate surface area is 216 Å². The summed E-state index contributed by atoms with van der Waals surface area (Å²) in [4.78, 5) is 45.8. The third-order valence-corrected chi connectivity index (χ3v) is 6.09. The molecule has 37 heavy (non-hydrogen) atoms. The smallest absolute Gasteiger partial charge is 0.323 e. The number of rotatable bonds is 9. The van der Waals surface area contributed by atoms with E-state index in [0.717, 1.165) is 16.7 Å². The molecule has 0 saturated heterocycles. The van der Waals surface area contributed by atoms with Crippen LogP contribution in [0.1, 0.15) is 10.4 Å². The Hall–Kier alpha value is -4.77. The van der Waals surface area contributed by atoms with Crippen molar-refractivity contribution in [3.63, 3.8) is 0 Å². The molecular formula is C26H24N6O4S. The van der Waals surface area contributed by atoms with Crippen LogP contribution in [0.5, 0.6) is 0 Å². The highest BCUT2D eigenvalue weighted by molar-refractivity contribution is 7.14. The largest absolute Gasteiger partial charge is 0.480 e. The molecule has 10 nitrogen and oxygen atoms in total. The quantitative estimate of drug-likeness (QED) is 0.247. The van der Waals surface area contributed by atoms with Gasteiger partial charge in [0.15, 0.2) is 5.13 Å². The molecule has 2 heterocycles. The van der Waals surface area contributed by atoms with Crippen molar-refractivity contribution in [3.05, 3.63) is 77.8 Å². The predicted molar refractivity (Wildman–Crippen MR) is 144 cm³/mol. The molecule has 5 N–H and O–H groups in total. The van der Waals surface area contributed by atoms with Gasteiger partial charge in [0, 0.05) is 35.4 Å². The zero-order valence-electron chi connectivity index (χ0n) is 19.8. The molecule has 2 amide bonds. The number of aromatic nitrogens is 2. The lowest BCUT2D eigenvalue weighted by atomic mass is 10.0. The van der Waals surface area contributed by atoms with Gasteiger partial charge in [0.1, 0.15) is 12.4 Å². The van der Waals surface area contributed by atoms with E-state index >= 15 is 0 Å². The molecular weight excluding hydrogens is 492 g/mol. The van der Waals surface area contributed by atoms with Crippen molar-refractivity contribution in [2.45, 2.75) is 0 Å². The van der Waals surface area contributed by atoms with Gasteiger partial charge >= 0.3 is 5.97 Å². The van der Waals surface area contributed by atoms with E-state index in [9.17, 15) is 14.4 Å². The Morgan fingerprint density at radius 2 is 1.76 bits per heavy atom. The van der Waals surface area contributed by atoms with Crippen LogP contribution < -0.4 is 21.3 Å². The van der Waals surface area contributed by atoms with E-state index in [2.05, 4.69) is 20.6 Å². The SMILES string of the molecule is CN(CC(=O)O)c1cc(-c2cccc(-c3csc(NC(=O)CNC(=O)c4ccc(N)cc4)n3)c2)ccn1. The average Bonchev–Trinajstić information content (AvgIpc) is 3.36. The van der Waals surface area contributed by atoms with Crippen LogP contribution in [0.2, 0.25) is 0 Å². The molecule has 0 bridgehead atoms. The van der Waals surface area contributed by atoms with E-state index in [1.807, 2.05) is 41.8 Å². The fraction of sp³-hybridized carbons (Fsp3) is 0.115. The number of anilines is 3. The Kier molecular flexibility index (Phi) is 7.74. The number of benzene rings is 2. The van der Waals surface area contributed by atoms with Gasteiger partial charge < -0.3 is 26.4 Å². The zero-order chi connectivity index (χ0) is 26.4. The number of carboxylic acids is 1. The van der Waals surface area contributed by atoms with Crippen molar-refractivity contribution in [1.82, 2.24) is 15.3 Å². The summed E-state index contributed by atoms with van der Waals surface area (Å²) in [7, 11) is 1.67. The molecule has 0 aliphatic carbocycles. The molecule has 0 saturated carbocycles. The number of carbonyl (C=O) groups excluding carboxylic acids is 2. The minimum Gasteiger partial charge on any atom is -0.480 e. The summed E-state index contributed by atoms with van der Waals surface area (Å²) < 4.78 is 0. The summed E-state index contributed by atoms with van der Waals surface area (Å²) >= 11 is 1.28. The molecule has 2 aromatic carbocycles. The second kappa shape index (κ2) is 11.3. The van der Waals surface area contributed by atoms with Gasteiger partial charge in [0.05, 0.1) is 12.2 Å². The number of carbonyl (C=O) groups is 3. The summed E-state index contributed by atoms with van der Waals surface area (Å²) in [6.07, 6.45) is 1.64. The van der Waals surface area contributed by atoms with E-state index < -0.39 is 11.9 Å². The highest BCUT2D eigenvalue weighted by Gasteiger charge is 2.12. The van der Waals surface area contributed by atoms with Crippen molar-refractivity contribution >= 4 is 45.8 Å². The van der Waals surface area contributed by atoms with E-state index in [0.29, 0.717) is 27.9 Å². The van der Waals surface area contributed by atoms with Gasteiger partial charge in [-0.1, -0.05) is 18.2 Å². The first-order valence-electron chi connectivity index (χ1n) is 11.2. The van der Waals surface area contributed by atoms with Crippen LogP contribution in [0.4, 0.5) is 16.6 Å². The van der Waals surface area contributed by atoms with E-state index in [1.54, 1.807) is 42.4 Å². The lowest BCUT2D eigenvalue weighted by Gasteiger charge is -2.16. The summed E-state index contributed by atoms with van der Waals surface area (Å²) in [5.41, 5.74) is 9.91. The number of nitrogens with two attached hydrogens (primary N) is 1. The molecule has 0 spiro atoms. The van der Waals surface area contributed by atoms with Crippen LogP contribution >= 0.6 is 11.3 Å². The van der Waals surface area contributed by atoms with E-state index in [4.69, 9.17) is 10.8 Å². The molecule has 4 aromatic rings. The van der Waals surface area contributed by atoms with Gasteiger partial charge in [-0.15, -0.1) is 11.3 Å². The van der Waals surface area contributed by atoms with Gasteiger partial charge in [-0.3, -0.25) is 14.4 Å². The molecule has 0 aliphatic heterocycles. The van der Waals surface area contributed by atoms with Crippen LogP contribution in [-0.4, -0.2) is 53.0 Å². The minimum absolute atomic E-state index is 0.158. The standard InChI is InChI=1S/C26H24N6O4S/c1-32(14-24(34)35)22-12-18(9-10-28-22)17-3-2-4-19(11-17)21-15-37-26(30-21)31-23(33)13-29-25(36)16-5-7-20(27)8-6-16/h2-12,15H,13-14,27H2,1H3,(H,29,36)(H,34,35)(H,30,31,33). The maximum absolute atomic E-state index is 12.3. The number of likely N-dealkylation sites (N-methyl/N-ethyl adjacent to an activating group) is 1. The number of thiazole rings is 1. The van der Waals surface area contributed by atoms with Crippen LogP contribution in [0.15, 0.2) is 72.2 Å². The highest BCUT2D eigenvalue weighted by atomic mass is 32.1. The summed E-state index contributed by atoms with van der Waals surface area (Å²) in [6.45, 7) is -0.358. The number of nitrogen functional groups attached to an aromatic ring is 1. The average molecular weight is 517 g/mol. The number of nitrogens with one attached hydrogen (secondary N) is 2. The van der Waals surface area contributed by atoms with Crippen molar-refractivity contribution < 1.29 is 19.5 Å².